The van der Waals surface area contributed by atoms with Crippen molar-refractivity contribution < 1.29 is 39.5 Å². The molecule has 0 aliphatic rings. The first-order valence-electron chi connectivity index (χ1n) is 5.63. The zero-order chi connectivity index (χ0) is 17.4. The number of benzene rings is 1. The molecule has 0 aromatic heterocycles. The number of halogens is 10. The smallest absolute Gasteiger partial charge is 0.200 e. The monoisotopic (exact) mass is 450 g/mol. The van der Waals surface area contributed by atoms with Crippen LogP contribution in [-0.2, 0) is 0 Å². The fraction of sp³-hybridized carbons (Fsp3) is 0.500. The molecule has 10 heteroatoms. The summed E-state index contributed by atoms with van der Waals surface area (Å²) >= 11 is 1.28. The summed E-state index contributed by atoms with van der Waals surface area (Å²) in [6, 6.07) is 6.82. The van der Waals surface area contributed by atoms with E-state index in [2.05, 4.69) is 0 Å². The number of alkyl halides is 10. The Morgan fingerprint density at radius 3 is 1.64 bits per heavy atom. The van der Waals surface area contributed by atoms with Crippen LogP contribution in [0, 0.1) is 0 Å². The van der Waals surface area contributed by atoms with Crippen LogP contribution in [0.2, 0.25) is 0 Å². The summed E-state index contributed by atoms with van der Waals surface area (Å²) in [7, 11) is 0. The number of rotatable bonds is 5. The molecular formula is C12H8F9I. The molecule has 0 heterocycles. The molecule has 0 aliphatic heterocycles. The maximum atomic E-state index is 13.4. The van der Waals surface area contributed by atoms with Crippen LogP contribution >= 0.6 is 22.6 Å². The van der Waals surface area contributed by atoms with E-state index in [4.69, 9.17) is 0 Å². The predicted molar refractivity (Wildman–Crippen MR) is 68.7 cm³/mol. The highest BCUT2D eigenvalue weighted by Gasteiger charge is 2.81. The van der Waals surface area contributed by atoms with E-state index in [-0.39, 0.29) is 5.56 Å². The van der Waals surface area contributed by atoms with Crippen LogP contribution < -0.4 is 0 Å². The van der Waals surface area contributed by atoms with Crippen molar-refractivity contribution in [2.45, 2.75) is 34.3 Å². The van der Waals surface area contributed by atoms with Crippen molar-refractivity contribution >= 4 is 22.6 Å². The average molecular weight is 450 g/mol. The van der Waals surface area contributed by atoms with E-state index >= 15 is 0 Å². The fourth-order valence-corrected chi connectivity index (χ4v) is 2.51. The second-order valence-electron chi connectivity index (χ2n) is 4.43. The van der Waals surface area contributed by atoms with E-state index in [1.54, 1.807) is 0 Å². The van der Waals surface area contributed by atoms with Gasteiger partial charge in [-0.05, 0) is 5.56 Å². The Hall–Kier alpha value is -0.680. The first kappa shape index (κ1) is 19.4. The lowest BCUT2D eigenvalue weighted by molar-refractivity contribution is -0.396. The van der Waals surface area contributed by atoms with Gasteiger partial charge in [0.1, 0.15) is 0 Å². The molecule has 0 radical (unpaired) electrons. The second-order valence-corrected chi connectivity index (χ2v) is 5.94. The van der Waals surface area contributed by atoms with Gasteiger partial charge >= 0.3 is 23.9 Å². The van der Waals surface area contributed by atoms with Crippen LogP contribution in [-0.4, -0.2) is 23.9 Å². The highest BCUT2D eigenvalue weighted by atomic mass is 127. The molecule has 1 unspecified atom stereocenters. The highest BCUT2D eigenvalue weighted by molar-refractivity contribution is 14.1. The fourth-order valence-electron chi connectivity index (χ4n) is 1.54. The summed E-state index contributed by atoms with van der Waals surface area (Å²) in [4.78, 5) is 0. The summed E-state index contributed by atoms with van der Waals surface area (Å²) in [5, 5.41) is 0. The van der Waals surface area contributed by atoms with E-state index in [0.29, 0.717) is 0 Å². The van der Waals surface area contributed by atoms with E-state index in [1.807, 2.05) is 0 Å². The largest absolute Gasteiger partial charge is 0.460 e. The van der Waals surface area contributed by atoms with Gasteiger partial charge in [0.05, 0.1) is 0 Å². The Bertz CT molecular complexity index is 495. The predicted octanol–water partition coefficient (Wildman–Crippen LogP) is 6.02. The van der Waals surface area contributed by atoms with Gasteiger partial charge in [-0.1, -0.05) is 52.9 Å². The van der Waals surface area contributed by atoms with E-state index in [0.717, 1.165) is 0 Å². The molecule has 22 heavy (non-hydrogen) atoms. The third kappa shape index (κ3) is 3.46. The first-order chi connectivity index (χ1) is 9.74. The number of hydrogen-bond acceptors (Lipinski definition) is 0. The third-order valence-corrected chi connectivity index (χ3v) is 3.97. The van der Waals surface area contributed by atoms with Gasteiger partial charge in [0.15, 0.2) is 0 Å². The maximum absolute atomic E-state index is 13.4. The van der Waals surface area contributed by atoms with Gasteiger partial charge in [0, 0.05) is 10.3 Å². The Kier molecular flexibility index (Phi) is 5.35. The van der Waals surface area contributed by atoms with Crippen molar-refractivity contribution in [2.24, 2.45) is 0 Å². The van der Waals surface area contributed by atoms with Crippen LogP contribution in [0.3, 0.4) is 0 Å². The molecule has 0 aliphatic carbocycles. The van der Waals surface area contributed by atoms with Crippen LogP contribution in [0.1, 0.15) is 15.9 Å². The normalized spacial score (nSPS) is 15.7. The molecule has 0 fully saturated rings. The highest BCUT2D eigenvalue weighted by Crippen LogP contribution is 2.55. The summed E-state index contributed by atoms with van der Waals surface area (Å²) < 4.78 is 113. The third-order valence-electron chi connectivity index (χ3n) is 2.81. The molecule has 1 atom stereocenters. The van der Waals surface area contributed by atoms with E-state index < -0.39 is 34.3 Å². The van der Waals surface area contributed by atoms with Crippen molar-refractivity contribution in [2.75, 3.05) is 0 Å². The van der Waals surface area contributed by atoms with Gasteiger partial charge in [0.25, 0.3) is 0 Å². The second kappa shape index (κ2) is 6.08. The van der Waals surface area contributed by atoms with E-state index in [1.165, 1.54) is 52.9 Å². The summed E-state index contributed by atoms with van der Waals surface area (Å²) in [6.07, 6.45) is -8.65. The standard InChI is InChI=1S/C12H8F9I/c13-9(14,6-8(22)7-4-2-1-3-5-7)10(15,16)11(17,18)12(19,20)21/h1-5,8H,6H2. The molecule has 0 amide bonds. The maximum Gasteiger partial charge on any atom is 0.460 e. The van der Waals surface area contributed by atoms with Gasteiger partial charge in [-0.25, -0.2) is 0 Å². The van der Waals surface area contributed by atoms with Gasteiger partial charge in [-0.2, -0.15) is 39.5 Å². The minimum atomic E-state index is -6.84. The molecule has 0 saturated heterocycles. The van der Waals surface area contributed by atoms with Gasteiger partial charge in [0.2, 0.25) is 0 Å². The van der Waals surface area contributed by atoms with Crippen LogP contribution in [0.4, 0.5) is 39.5 Å². The van der Waals surface area contributed by atoms with Gasteiger partial charge < -0.3 is 0 Å². The van der Waals surface area contributed by atoms with Crippen molar-refractivity contribution in [3.63, 3.8) is 0 Å². The molecule has 0 spiro atoms. The summed E-state index contributed by atoms with van der Waals surface area (Å²) in [5.41, 5.74) is 0.105. The molecule has 1 aromatic rings. The van der Waals surface area contributed by atoms with Crippen molar-refractivity contribution in [3.8, 4) is 0 Å². The lowest BCUT2D eigenvalue weighted by Crippen LogP contribution is -2.61. The SMILES string of the molecule is FC(F)(F)C(F)(F)C(F)(F)C(F)(F)CC(I)c1ccccc1. The van der Waals surface area contributed by atoms with Crippen molar-refractivity contribution in [1.29, 1.82) is 0 Å². The zero-order valence-corrected chi connectivity index (χ0v) is 12.6. The van der Waals surface area contributed by atoms with Crippen LogP contribution in [0.25, 0.3) is 0 Å². The lowest BCUT2D eigenvalue weighted by atomic mass is 9.97. The van der Waals surface area contributed by atoms with Crippen LogP contribution in [0.15, 0.2) is 30.3 Å². The van der Waals surface area contributed by atoms with Crippen molar-refractivity contribution in [1.82, 2.24) is 0 Å². The Morgan fingerprint density at radius 2 is 1.23 bits per heavy atom. The quantitative estimate of drug-likeness (QED) is 0.293. The molecule has 126 valence electrons. The van der Waals surface area contributed by atoms with Gasteiger partial charge in [-0.15, -0.1) is 0 Å². The minimum absolute atomic E-state index is 0.105. The molecule has 1 aromatic carbocycles. The molecule has 0 saturated carbocycles. The zero-order valence-electron chi connectivity index (χ0n) is 10.5. The van der Waals surface area contributed by atoms with E-state index in [9.17, 15) is 39.5 Å². The van der Waals surface area contributed by atoms with Gasteiger partial charge in [-0.3, -0.25) is 0 Å². The molecule has 0 nitrogen and oxygen atoms in total. The topological polar surface area (TPSA) is 0 Å². The molecule has 1 rings (SSSR count). The minimum Gasteiger partial charge on any atom is -0.200 e. The number of hydrogen-bond donors (Lipinski definition) is 0. The Morgan fingerprint density at radius 1 is 0.773 bits per heavy atom. The summed E-state index contributed by atoms with van der Waals surface area (Å²) in [6.45, 7) is 0. The lowest BCUT2D eigenvalue weighted by Gasteiger charge is -2.34. The Labute approximate surface area is 132 Å². The van der Waals surface area contributed by atoms with Crippen molar-refractivity contribution in [3.05, 3.63) is 35.9 Å². The molecule has 0 N–H and O–H groups in total. The summed E-state index contributed by atoms with van der Waals surface area (Å²) in [5.74, 6) is -18.9. The Balaban J connectivity index is 3.07. The molecule has 0 bridgehead atoms. The first-order valence-corrected chi connectivity index (χ1v) is 6.88. The molecular weight excluding hydrogens is 442 g/mol. The van der Waals surface area contributed by atoms with Crippen LogP contribution in [0.5, 0.6) is 0 Å². The average Bonchev–Trinajstić information content (AvgIpc) is 2.37.